The van der Waals surface area contributed by atoms with Crippen LogP contribution in [0.1, 0.15) is 33.1 Å². The lowest BCUT2D eigenvalue weighted by Crippen LogP contribution is -2.49. The van der Waals surface area contributed by atoms with Crippen LogP contribution < -0.4 is 5.32 Å². The first kappa shape index (κ1) is 16.2. The van der Waals surface area contributed by atoms with E-state index in [2.05, 4.69) is 10.2 Å². The number of carboxylic acids is 1. The van der Waals surface area contributed by atoms with E-state index in [1.54, 1.807) is 12.1 Å². The van der Waals surface area contributed by atoms with Gasteiger partial charge in [-0.05, 0) is 35.7 Å². The molecule has 2 N–H and O–H groups in total. The number of aryl methyl sites for hydroxylation is 1. The molecule has 124 valence electrons. The average molecular weight is 324 g/mol. The Kier molecular flexibility index (Phi) is 4.62. The standard InChI is InChI=1S/C19H20N2O3/c1-13-4-2-3-5-16(13)17-18(22)20-10-11-21(17)12-14-6-8-15(9-7-14)19(23)24/h2-9,17H,10-12H2,1H3,(H,20,22)(H,23,24). The Bertz CT molecular complexity index is 755. The monoisotopic (exact) mass is 324 g/mol. The number of hydrogen-bond acceptors (Lipinski definition) is 3. The lowest BCUT2D eigenvalue weighted by Gasteiger charge is -2.36. The van der Waals surface area contributed by atoms with Gasteiger partial charge in [-0.1, -0.05) is 36.4 Å². The molecule has 0 aromatic heterocycles. The molecule has 0 bridgehead atoms. The molecular formula is C19H20N2O3. The Labute approximate surface area is 140 Å². The topological polar surface area (TPSA) is 69.6 Å². The number of piperazine rings is 1. The molecule has 2 aromatic carbocycles. The number of benzene rings is 2. The van der Waals surface area contributed by atoms with Crippen LogP contribution in [0.15, 0.2) is 48.5 Å². The number of amides is 1. The number of hydrogen-bond donors (Lipinski definition) is 2. The van der Waals surface area contributed by atoms with E-state index in [1.807, 2.05) is 43.3 Å². The number of nitrogens with zero attached hydrogens (tertiary/aromatic N) is 1. The molecule has 1 unspecified atom stereocenters. The van der Waals surface area contributed by atoms with Crippen LogP contribution in [-0.4, -0.2) is 35.0 Å². The van der Waals surface area contributed by atoms with Gasteiger partial charge in [-0.15, -0.1) is 0 Å². The third kappa shape index (κ3) is 3.31. The van der Waals surface area contributed by atoms with Crippen molar-refractivity contribution in [2.75, 3.05) is 13.1 Å². The van der Waals surface area contributed by atoms with Crippen molar-refractivity contribution in [3.05, 3.63) is 70.8 Å². The highest BCUT2D eigenvalue weighted by Gasteiger charge is 2.31. The molecule has 3 rings (SSSR count). The van der Waals surface area contributed by atoms with Crippen LogP contribution in [0.3, 0.4) is 0 Å². The van der Waals surface area contributed by atoms with Gasteiger partial charge in [0, 0.05) is 19.6 Å². The maximum absolute atomic E-state index is 12.5. The lowest BCUT2D eigenvalue weighted by molar-refractivity contribution is -0.129. The minimum Gasteiger partial charge on any atom is -0.478 e. The second kappa shape index (κ2) is 6.84. The van der Waals surface area contributed by atoms with Gasteiger partial charge in [0.2, 0.25) is 5.91 Å². The van der Waals surface area contributed by atoms with E-state index in [0.29, 0.717) is 13.1 Å². The van der Waals surface area contributed by atoms with E-state index in [0.717, 1.165) is 23.2 Å². The molecular weight excluding hydrogens is 304 g/mol. The maximum Gasteiger partial charge on any atom is 0.335 e. The highest BCUT2D eigenvalue weighted by atomic mass is 16.4. The summed E-state index contributed by atoms with van der Waals surface area (Å²) < 4.78 is 0. The first-order valence-electron chi connectivity index (χ1n) is 7.96. The number of carbonyl (C=O) groups is 2. The molecule has 1 heterocycles. The predicted octanol–water partition coefficient (Wildman–Crippen LogP) is 2.37. The molecule has 5 nitrogen and oxygen atoms in total. The van der Waals surface area contributed by atoms with E-state index in [1.165, 1.54) is 0 Å². The normalized spacial score (nSPS) is 18.2. The molecule has 1 atom stereocenters. The summed E-state index contributed by atoms with van der Waals surface area (Å²) in [4.78, 5) is 25.6. The summed E-state index contributed by atoms with van der Waals surface area (Å²) in [6.45, 7) is 3.99. The van der Waals surface area contributed by atoms with Gasteiger partial charge in [0.1, 0.15) is 6.04 Å². The van der Waals surface area contributed by atoms with Crippen molar-refractivity contribution in [3.63, 3.8) is 0 Å². The fraction of sp³-hybridized carbons (Fsp3) is 0.263. The van der Waals surface area contributed by atoms with Crippen LogP contribution in [-0.2, 0) is 11.3 Å². The van der Waals surface area contributed by atoms with Crippen LogP contribution in [0.5, 0.6) is 0 Å². The van der Waals surface area contributed by atoms with E-state index in [4.69, 9.17) is 5.11 Å². The lowest BCUT2D eigenvalue weighted by atomic mass is 9.97. The molecule has 0 saturated carbocycles. The van der Waals surface area contributed by atoms with Crippen molar-refractivity contribution in [2.24, 2.45) is 0 Å². The smallest absolute Gasteiger partial charge is 0.335 e. The zero-order chi connectivity index (χ0) is 17.1. The van der Waals surface area contributed by atoms with Crippen molar-refractivity contribution >= 4 is 11.9 Å². The summed E-state index contributed by atoms with van der Waals surface area (Å²) in [7, 11) is 0. The molecule has 1 saturated heterocycles. The summed E-state index contributed by atoms with van der Waals surface area (Å²) in [6.07, 6.45) is 0. The Hall–Kier alpha value is -2.66. The summed E-state index contributed by atoms with van der Waals surface area (Å²) >= 11 is 0. The SMILES string of the molecule is Cc1ccccc1C1C(=O)NCCN1Cc1ccc(C(=O)O)cc1. The fourth-order valence-corrected chi connectivity index (χ4v) is 3.10. The first-order valence-corrected chi connectivity index (χ1v) is 7.96. The Morgan fingerprint density at radius 2 is 1.92 bits per heavy atom. The second-order valence-corrected chi connectivity index (χ2v) is 6.02. The van der Waals surface area contributed by atoms with Crippen molar-refractivity contribution in [2.45, 2.75) is 19.5 Å². The summed E-state index contributed by atoms with van der Waals surface area (Å²) in [5.74, 6) is -0.922. The van der Waals surface area contributed by atoms with Gasteiger partial charge in [0.25, 0.3) is 0 Å². The Morgan fingerprint density at radius 3 is 2.58 bits per heavy atom. The van der Waals surface area contributed by atoms with Gasteiger partial charge in [-0.2, -0.15) is 0 Å². The van der Waals surface area contributed by atoms with Crippen LogP contribution in [0.4, 0.5) is 0 Å². The predicted molar refractivity (Wildman–Crippen MR) is 90.7 cm³/mol. The van der Waals surface area contributed by atoms with Crippen LogP contribution in [0.25, 0.3) is 0 Å². The zero-order valence-electron chi connectivity index (χ0n) is 13.5. The van der Waals surface area contributed by atoms with Gasteiger partial charge in [-0.3, -0.25) is 9.69 Å². The van der Waals surface area contributed by atoms with Crippen molar-refractivity contribution in [3.8, 4) is 0 Å². The highest BCUT2D eigenvalue weighted by molar-refractivity contribution is 5.87. The van der Waals surface area contributed by atoms with E-state index < -0.39 is 5.97 Å². The Balaban J connectivity index is 1.85. The average Bonchev–Trinajstić information content (AvgIpc) is 2.57. The second-order valence-electron chi connectivity index (χ2n) is 6.02. The van der Waals surface area contributed by atoms with E-state index in [-0.39, 0.29) is 17.5 Å². The third-order valence-corrected chi connectivity index (χ3v) is 4.38. The van der Waals surface area contributed by atoms with Gasteiger partial charge in [0.05, 0.1) is 5.56 Å². The number of aromatic carboxylic acids is 1. The van der Waals surface area contributed by atoms with Gasteiger partial charge in [0.15, 0.2) is 0 Å². The molecule has 0 radical (unpaired) electrons. The molecule has 2 aromatic rings. The minimum absolute atomic E-state index is 0.0118. The molecule has 1 aliphatic heterocycles. The number of carboxylic acid groups (broad SMARTS) is 1. The minimum atomic E-state index is -0.934. The summed E-state index contributed by atoms with van der Waals surface area (Å²) in [6, 6.07) is 14.4. The molecule has 0 spiro atoms. The number of carbonyl (C=O) groups excluding carboxylic acids is 1. The third-order valence-electron chi connectivity index (χ3n) is 4.38. The van der Waals surface area contributed by atoms with E-state index in [9.17, 15) is 9.59 Å². The molecule has 24 heavy (non-hydrogen) atoms. The Morgan fingerprint density at radius 1 is 1.21 bits per heavy atom. The summed E-state index contributed by atoms with van der Waals surface area (Å²) in [5, 5.41) is 11.9. The van der Waals surface area contributed by atoms with Crippen LogP contribution >= 0.6 is 0 Å². The molecule has 5 heteroatoms. The first-order chi connectivity index (χ1) is 11.6. The quantitative estimate of drug-likeness (QED) is 0.906. The van der Waals surface area contributed by atoms with Gasteiger partial charge in [-0.25, -0.2) is 4.79 Å². The number of rotatable bonds is 4. The van der Waals surface area contributed by atoms with Gasteiger partial charge >= 0.3 is 5.97 Å². The molecule has 1 fully saturated rings. The van der Waals surface area contributed by atoms with Crippen molar-refractivity contribution in [1.82, 2.24) is 10.2 Å². The van der Waals surface area contributed by atoms with Crippen LogP contribution in [0.2, 0.25) is 0 Å². The fourth-order valence-electron chi connectivity index (χ4n) is 3.10. The van der Waals surface area contributed by atoms with Crippen molar-refractivity contribution in [1.29, 1.82) is 0 Å². The number of nitrogens with one attached hydrogen (secondary N) is 1. The van der Waals surface area contributed by atoms with Gasteiger partial charge < -0.3 is 10.4 Å². The van der Waals surface area contributed by atoms with Crippen molar-refractivity contribution < 1.29 is 14.7 Å². The highest BCUT2D eigenvalue weighted by Crippen LogP contribution is 2.27. The molecule has 0 aliphatic carbocycles. The molecule has 1 amide bonds. The molecule has 1 aliphatic rings. The summed E-state index contributed by atoms with van der Waals surface area (Å²) in [5.41, 5.74) is 3.36. The largest absolute Gasteiger partial charge is 0.478 e. The van der Waals surface area contributed by atoms with Crippen LogP contribution in [0, 0.1) is 6.92 Å². The zero-order valence-corrected chi connectivity index (χ0v) is 13.5. The maximum atomic E-state index is 12.5. The van der Waals surface area contributed by atoms with E-state index >= 15 is 0 Å².